The lowest BCUT2D eigenvalue weighted by Crippen LogP contribution is -2.30. The fourth-order valence-electron chi connectivity index (χ4n) is 3.04. The molecule has 0 aromatic heterocycles. The number of ether oxygens (including phenoxy) is 1. The van der Waals surface area contributed by atoms with Crippen molar-refractivity contribution in [2.45, 2.75) is 50.1 Å². The van der Waals surface area contributed by atoms with Crippen LogP contribution in [0.5, 0.6) is 0 Å². The zero-order chi connectivity index (χ0) is 12.0. The van der Waals surface area contributed by atoms with E-state index in [1.807, 2.05) is 6.08 Å². The average molecular weight is 238 g/mol. The molecule has 3 rings (SSSR count). The lowest BCUT2D eigenvalue weighted by atomic mass is 9.91. The minimum absolute atomic E-state index is 0.191. The first-order valence-corrected chi connectivity index (χ1v) is 6.25. The Morgan fingerprint density at radius 3 is 2.71 bits per heavy atom. The maximum absolute atomic E-state index is 9.90. The van der Waals surface area contributed by atoms with Gasteiger partial charge in [-0.1, -0.05) is 11.6 Å². The molecule has 0 amide bonds. The highest BCUT2D eigenvalue weighted by molar-refractivity contribution is 5.44. The van der Waals surface area contributed by atoms with Gasteiger partial charge in [-0.15, -0.1) is 0 Å². The number of aliphatic hydroxyl groups excluding tert-OH is 3. The van der Waals surface area contributed by atoms with Crippen LogP contribution in [0.4, 0.5) is 0 Å². The van der Waals surface area contributed by atoms with Gasteiger partial charge in [-0.05, 0) is 36.8 Å². The van der Waals surface area contributed by atoms with Gasteiger partial charge in [0.05, 0.1) is 12.7 Å². The standard InChI is InChI=1S/C13H18O4/c14-10-3-1-2-7-4-8(5-9(7)10)13-12(16)11(15)6-17-13/h5,10-16H,1-4,6H2/t10?,11-,12-,13?/m1/s1. The Labute approximate surface area is 100 Å². The van der Waals surface area contributed by atoms with Gasteiger partial charge in [0.2, 0.25) is 0 Å². The van der Waals surface area contributed by atoms with E-state index in [9.17, 15) is 15.3 Å². The van der Waals surface area contributed by atoms with Crippen LogP contribution < -0.4 is 0 Å². The molecule has 1 heterocycles. The number of allylic oxidation sites excluding steroid dienone is 1. The second kappa shape index (κ2) is 4.21. The number of hydrogen-bond donors (Lipinski definition) is 3. The highest BCUT2D eigenvalue weighted by Gasteiger charge is 2.39. The Morgan fingerprint density at radius 1 is 1.24 bits per heavy atom. The van der Waals surface area contributed by atoms with E-state index in [4.69, 9.17) is 4.74 Å². The van der Waals surface area contributed by atoms with Crippen molar-refractivity contribution in [3.8, 4) is 0 Å². The van der Waals surface area contributed by atoms with Crippen molar-refractivity contribution in [3.05, 3.63) is 22.8 Å². The summed E-state index contributed by atoms with van der Waals surface area (Å²) in [6, 6.07) is 0. The van der Waals surface area contributed by atoms with Crippen molar-refractivity contribution in [1.29, 1.82) is 0 Å². The molecule has 94 valence electrons. The van der Waals surface area contributed by atoms with Gasteiger partial charge in [0.15, 0.2) is 0 Å². The molecule has 17 heavy (non-hydrogen) atoms. The zero-order valence-corrected chi connectivity index (χ0v) is 9.67. The lowest BCUT2D eigenvalue weighted by molar-refractivity contribution is 0.0377. The second-order valence-corrected chi connectivity index (χ2v) is 5.17. The van der Waals surface area contributed by atoms with Crippen LogP contribution in [0.25, 0.3) is 0 Å². The summed E-state index contributed by atoms with van der Waals surface area (Å²) in [6.07, 6.45) is 3.23. The van der Waals surface area contributed by atoms with Gasteiger partial charge in [-0.3, -0.25) is 0 Å². The van der Waals surface area contributed by atoms with Gasteiger partial charge < -0.3 is 20.1 Å². The molecule has 0 saturated carbocycles. The summed E-state index contributed by atoms with van der Waals surface area (Å²) in [6.45, 7) is 0.191. The fourth-order valence-corrected chi connectivity index (χ4v) is 3.04. The summed E-state index contributed by atoms with van der Waals surface area (Å²) < 4.78 is 5.43. The van der Waals surface area contributed by atoms with Crippen LogP contribution in [0.15, 0.2) is 22.8 Å². The first-order valence-electron chi connectivity index (χ1n) is 6.25. The SMILES string of the molecule is OC1CCCC2=C1C=C(C1OC[C@@H](O)[C@H]1O)C2. The Balaban J connectivity index is 1.78. The molecule has 0 aromatic rings. The molecular weight excluding hydrogens is 220 g/mol. The Bertz CT molecular complexity index is 385. The molecular formula is C13H18O4. The summed E-state index contributed by atoms with van der Waals surface area (Å²) in [7, 11) is 0. The molecule has 4 heteroatoms. The Hall–Kier alpha value is -0.680. The third-order valence-electron chi connectivity index (χ3n) is 4.00. The van der Waals surface area contributed by atoms with E-state index in [-0.39, 0.29) is 12.7 Å². The van der Waals surface area contributed by atoms with Gasteiger partial charge in [0.1, 0.15) is 18.3 Å². The van der Waals surface area contributed by atoms with Crippen LogP contribution >= 0.6 is 0 Å². The minimum Gasteiger partial charge on any atom is -0.388 e. The summed E-state index contributed by atoms with van der Waals surface area (Å²) in [5.41, 5.74) is 3.29. The van der Waals surface area contributed by atoms with E-state index >= 15 is 0 Å². The molecule has 1 fully saturated rings. The van der Waals surface area contributed by atoms with Crippen molar-refractivity contribution in [2.75, 3.05) is 6.61 Å². The maximum Gasteiger partial charge on any atom is 0.112 e. The topological polar surface area (TPSA) is 69.9 Å². The van der Waals surface area contributed by atoms with E-state index < -0.39 is 18.3 Å². The first-order chi connectivity index (χ1) is 8.16. The van der Waals surface area contributed by atoms with Crippen LogP contribution in [0.2, 0.25) is 0 Å². The quantitative estimate of drug-likeness (QED) is 0.613. The predicted octanol–water partition coefficient (Wildman–Crippen LogP) is 0.278. The molecule has 3 aliphatic rings. The van der Waals surface area contributed by atoms with E-state index in [1.165, 1.54) is 5.57 Å². The molecule has 2 unspecified atom stereocenters. The molecule has 4 atom stereocenters. The Kier molecular flexibility index (Phi) is 2.83. The van der Waals surface area contributed by atoms with E-state index in [2.05, 4.69) is 0 Å². The van der Waals surface area contributed by atoms with Gasteiger partial charge in [0, 0.05) is 0 Å². The molecule has 0 bridgehead atoms. The minimum atomic E-state index is -0.834. The van der Waals surface area contributed by atoms with Crippen molar-refractivity contribution in [1.82, 2.24) is 0 Å². The molecule has 0 spiro atoms. The first kappa shape index (κ1) is 11.4. The summed E-state index contributed by atoms with van der Waals surface area (Å²) in [5.74, 6) is 0. The molecule has 3 N–H and O–H groups in total. The van der Waals surface area contributed by atoms with Crippen LogP contribution in [-0.4, -0.2) is 46.3 Å². The summed E-state index contributed by atoms with van der Waals surface area (Å²) >= 11 is 0. The van der Waals surface area contributed by atoms with Crippen LogP contribution in [0.3, 0.4) is 0 Å². The largest absolute Gasteiger partial charge is 0.388 e. The zero-order valence-electron chi connectivity index (χ0n) is 9.67. The van der Waals surface area contributed by atoms with Crippen LogP contribution in [-0.2, 0) is 4.74 Å². The third-order valence-corrected chi connectivity index (χ3v) is 4.00. The molecule has 1 aliphatic heterocycles. The van der Waals surface area contributed by atoms with Crippen molar-refractivity contribution in [3.63, 3.8) is 0 Å². The predicted molar refractivity (Wildman–Crippen MR) is 61.3 cm³/mol. The van der Waals surface area contributed by atoms with Gasteiger partial charge in [-0.25, -0.2) is 0 Å². The molecule has 4 nitrogen and oxygen atoms in total. The number of aliphatic hydroxyl groups is 3. The van der Waals surface area contributed by atoms with Gasteiger partial charge >= 0.3 is 0 Å². The highest BCUT2D eigenvalue weighted by atomic mass is 16.5. The lowest BCUT2D eigenvalue weighted by Gasteiger charge is -2.19. The highest BCUT2D eigenvalue weighted by Crippen LogP contribution is 2.39. The second-order valence-electron chi connectivity index (χ2n) is 5.17. The summed E-state index contributed by atoms with van der Waals surface area (Å²) in [4.78, 5) is 0. The van der Waals surface area contributed by atoms with E-state index in [1.54, 1.807) is 0 Å². The number of rotatable bonds is 1. The molecule has 1 saturated heterocycles. The molecule has 0 radical (unpaired) electrons. The van der Waals surface area contributed by atoms with Crippen molar-refractivity contribution >= 4 is 0 Å². The van der Waals surface area contributed by atoms with Gasteiger partial charge in [0.25, 0.3) is 0 Å². The Morgan fingerprint density at radius 2 is 2.06 bits per heavy atom. The normalized spacial score (nSPS) is 41.7. The fraction of sp³-hybridized carbons (Fsp3) is 0.692. The number of hydrogen-bond acceptors (Lipinski definition) is 4. The maximum atomic E-state index is 9.90. The van der Waals surface area contributed by atoms with Crippen LogP contribution in [0.1, 0.15) is 25.7 Å². The molecule has 0 aromatic carbocycles. The van der Waals surface area contributed by atoms with Crippen LogP contribution in [0, 0.1) is 0 Å². The van der Waals surface area contributed by atoms with E-state index in [0.717, 1.165) is 36.8 Å². The smallest absolute Gasteiger partial charge is 0.112 e. The van der Waals surface area contributed by atoms with Gasteiger partial charge in [-0.2, -0.15) is 0 Å². The van der Waals surface area contributed by atoms with Crippen molar-refractivity contribution in [2.24, 2.45) is 0 Å². The van der Waals surface area contributed by atoms with E-state index in [0.29, 0.717) is 0 Å². The summed E-state index contributed by atoms with van der Waals surface area (Å²) in [5, 5.41) is 29.2. The average Bonchev–Trinajstić information content (AvgIpc) is 2.85. The van der Waals surface area contributed by atoms with Crippen molar-refractivity contribution < 1.29 is 20.1 Å². The third kappa shape index (κ3) is 1.85. The monoisotopic (exact) mass is 238 g/mol. The molecule has 2 aliphatic carbocycles.